The van der Waals surface area contributed by atoms with Gasteiger partial charge in [-0.15, -0.1) is 0 Å². The maximum Gasteiger partial charge on any atom is 0.199 e. The molecule has 25 heavy (non-hydrogen) atoms. The number of benzene rings is 1. The molecule has 1 aromatic carbocycles. The Bertz CT molecular complexity index is 1180. The lowest BCUT2D eigenvalue weighted by atomic mass is 9.96. The predicted molar refractivity (Wildman–Crippen MR) is 93.4 cm³/mol. The van der Waals surface area contributed by atoms with Crippen LogP contribution in [0.25, 0.3) is 32.8 Å². The van der Waals surface area contributed by atoms with Crippen molar-refractivity contribution in [2.75, 3.05) is 0 Å². The summed E-state index contributed by atoms with van der Waals surface area (Å²) in [6.45, 7) is 0. The first-order chi connectivity index (χ1) is 12.3. The molecule has 0 aliphatic heterocycles. The highest BCUT2D eigenvalue weighted by Crippen LogP contribution is 2.37. The molecule has 3 heterocycles. The first kappa shape index (κ1) is 14.3. The summed E-state index contributed by atoms with van der Waals surface area (Å²) in [4.78, 5) is 25.6. The lowest BCUT2D eigenvalue weighted by Gasteiger charge is -2.22. The number of rotatable bonds is 3. The number of nitriles is 1. The molecule has 1 fully saturated rings. The van der Waals surface area contributed by atoms with Gasteiger partial charge in [0.1, 0.15) is 11.8 Å². The largest absolute Gasteiger partial charge is 0.296 e. The molecule has 0 radical (unpaired) electrons. The lowest BCUT2D eigenvalue weighted by molar-refractivity contribution is 0.316. The van der Waals surface area contributed by atoms with Gasteiger partial charge >= 0.3 is 0 Å². The van der Waals surface area contributed by atoms with E-state index in [1.807, 2.05) is 10.9 Å². The minimum atomic E-state index is -0.0584. The van der Waals surface area contributed by atoms with Gasteiger partial charge in [0, 0.05) is 12.4 Å². The average Bonchev–Trinajstić information content (AvgIpc) is 3.37. The van der Waals surface area contributed by atoms with Crippen molar-refractivity contribution < 1.29 is 0 Å². The summed E-state index contributed by atoms with van der Waals surface area (Å²) in [7, 11) is 0. The van der Waals surface area contributed by atoms with E-state index >= 15 is 0 Å². The van der Waals surface area contributed by atoms with Crippen LogP contribution in [0.15, 0.2) is 23.5 Å². The second-order valence-electron chi connectivity index (χ2n) is 6.83. The van der Waals surface area contributed by atoms with Crippen LogP contribution in [0, 0.1) is 17.2 Å². The van der Waals surface area contributed by atoms with Gasteiger partial charge in [0.2, 0.25) is 0 Å². The Morgan fingerprint density at radius 3 is 2.92 bits per heavy atom. The molecule has 1 aliphatic rings. The third-order valence-corrected chi connectivity index (χ3v) is 5.52. The van der Waals surface area contributed by atoms with E-state index in [1.165, 1.54) is 19.2 Å². The Kier molecular flexibility index (Phi) is 3.01. The van der Waals surface area contributed by atoms with Gasteiger partial charge in [-0.1, -0.05) is 12.8 Å². The fraction of sp³-hybridized carbons (Fsp3) is 0.389. The summed E-state index contributed by atoms with van der Waals surface area (Å²) in [6, 6.07) is 2.37. The van der Waals surface area contributed by atoms with E-state index in [-0.39, 0.29) is 11.5 Å². The zero-order valence-electron chi connectivity index (χ0n) is 13.6. The number of hydrogen-bond acceptors (Lipinski definition) is 5. The molecule has 7 heteroatoms. The van der Waals surface area contributed by atoms with E-state index in [0.29, 0.717) is 45.2 Å². The monoisotopic (exact) mass is 332 g/mol. The topological polar surface area (TPSA) is 100 Å². The van der Waals surface area contributed by atoms with E-state index < -0.39 is 0 Å². The zero-order valence-corrected chi connectivity index (χ0v) is 13.6. The van der Waals surface area contributed by atoms with Crippen LogP contribution in [-0.2, 0) is 0 Å². The molecular formula is C18H16N6O. The maximum atomic E-state index is 12.9. The summed E-state index contributed by atoms with van der Waals surface area (Å²) < 4.78 is 1.95. The van der Waals surface area contributed by atoms with Gasteiger partial charge in [0.15, 0.2) is 11.1 Å². The molecular weight excluding hydrogens is 316 g/mol. The zero-order chi connectivity index (χ0) is 17.0. The van der Waals surface area contributed by atoms with Crippen molar-refractivity contribution in [2.24, 2.45) is 5.92 Å². The molecule has 5 rings (SSSR count). The van der Waals surface area contributed by atoms with Gasteiger partial charge in [-0.2, -0.15) is 5.26 Å². The van der Waals surface area contributed by atoms with Gasteiger partial charge in [0.25, 0.3) is 0 Å². The molecule has 0 spiro atoms. The second-order valence-corrected chi connectivity index (χ2v) is 6.83. The van der Waals surface area contributed by atoms with Gasteiger partial charge in [-0.05, 0) is 18.8 Å². The Hall–Kier alpha value is -3.01. The highest BCUT2D eigenvalue weighted by molar-refractivity contribution is 6.16. The minimum absolute atomic E-state index is 0.0584. The molecule has 124 valence electrons. The van der Waals surface area contributed by atoms with Crippen molar-refractivity contribution >= 4 is 32.8 Å². The summed E-state index contributed by atoms with van der Waals surface area (Å²) in [5.74, 6) is 0.471. The van der Waals surface area contributed by atoms with Gasteiger partial charge < -0.3 is 0 Å². The lowest BCUT2D eigenvalue weighted by Crippen LogP contribution is -2.17. The van der Waals surface area contributed by atoms with E-state index in [0.717, 1.165) is 12.8 Å². The van der Waals surface area contributed by atoms with Crippen LogP contribution in [0.4, 0.5) is 0 Å². The molecule has 1 N–H and O–H groups in total. The van der Waals surface area contributed by atoms with Crippen LogP contribution in [-0.4, -0.2) is 24.7 Å². The number of aromatic amines is 1. The van der Waals surface area contributed by atoms with Crippen molar-refractivity contribution in [1.82, 2.24) is 24.7 Å². The van der Waals surface area contributed by atoms with Crippen molar-refractivity contribution in [2.45, 2.75) is 38.1 Å². The van der Waals surface area contributed by atoms with Crippen molar-refractivity contribution in [3.63, 3.8) is 0 Å². The molecule has 7 nitrogen and oxygen atoms in total. The summed E-state index contributed by atoms with van der Waals surface area (Å²) in [5, 5.41) is 14.5. The molecule has 0 saturated heterocycles. The number of H-pyrrole nitrogens is 1. The summed E-state index contributed by atoms with van der Waals surface area (Å²) >= 11 is 0. The van der Waals surface area contributed by atoms with Gasteiger partial charge in [-0.25, -0.2) is 15.0 Å². The van der Waals surface area contributed by atoms with Crippen molar-refractivity contribution in [3.05, 3.63) is 28.9 Å². The van der Waals surface area contributed by atoms with E-state index in [1.54, 1.807) is 6.20 Å². The van der Waals surface area contributed by atoms with E-state index in [9.17, 15) is 10.1 Å². The molecule has 1 atom stereocenters. The smallest absolute Gasteiger partial charge is 0.199 e. The quantitative estimate of drug-likeness (QED) is 0.621. The molecule has 0 amide bonds. The highest BCUT2D eigenvalue weighted by Gasteiger charge is 2.27. The van der Waals surface area contributed by atoms with Gasteiger partial charge in [0.05, 0.1) is 40.2 Å². The maximum absolute atomic E-state index is 12.9. The van der Waals surface area contributed by atoms with Crippen molar-refractivity contribution in [1.29, 1.82) is 5.26 Å². The molecule has 4 aromatic rings. The third kappa shape index (κ3) is 1.97. The van der Waals surface area contributed by atoms with Crippen LogP contribution < -0.4 is 5.43 Å². The molecule has 3 aromatic heterocycles. The van der Waals surface area contributed by atoms with E-state index in [2.05, 4.69) is 26.1 Å². The Morgan fingerprint density at radius 2 is 2.12 bits per heavy atom. The highest BCUT2D eigenvalue weighted by atomic mass is 16.1. The third-order valence-electron chi connectivity index (χ3n) is 5.52. The number of fused-ring (bicyclic) bond motifs is 2. The van der Waals surface area contributed by atoms with Crippen LogP contribution >= 0.6 is 0 Å². The molecule has 1 aliphatic carbocycles. The number of nitrogens with one attached hydrogen (secondary N) is 1. The second kappa shape index (κ2) is 5.24. The van der Waals surface area contributed by atoms with Crippen LogP contribution in [0.2, 0.25) is 0 Å². The fourth-order valence-electron chi connectivity index (χ4n) is 4.30. The summed E-state index contributed by atoms with van der Waals surface area (Å²) in [6.07, 6.45) is 10.0. The normalized spacial score (nSPS) is 16.9. The Labute approximate surface area is 142 Å². The van der Waals surface area contributed by atoms with Gasteiger partial charge in [-0.3, -0.25) is 14.6 Å². The minimum Gasteiger partial charge on any atom is -0.296 e. The number of aromatic nitrogens is 5. The standard InChI is InChI=1S/C18H16N6O/c19-6-5-13(10-3-1-2-4-10)24-8-12-15(23-24)16-14-11(17(12)25)7-20-18(14)22-9-21-16/h7-10,13,23H,1-5H2. The average molecular weight is 332 g/mol. The van der Waals surface area contributed by atoms with Crippen LogP contribution in [0.1, 0.15) is 38.1 Å². The predicted octanol–water partition coefficient (Wildman–Crippen LogP) is 2.90. The van der Waals surface area contributed by atoms with Crippen molar-refractivity contribution in [3.8, 4) is 6.07 Å². The SMILES string of the molecule is N#CCC(C1CCCC1)n1cc2c(=O)c3cnc4ncnc(c2[nH]1)c43. The Morgan fingerprint density at radius 1 is 1.28 bits per heavy atom. The van der Waals surface area contributed by atoms with Crippen LogP contribution in [0.3, 0.4) is 0 Å². The fourth-order valence-corrected chi connectivity index (χ4v) is 4.30. The van der Waals surface area contributed by atoms with Crippen LogP contribution in [0.5, 0.6) is 0 Å². The molecule has 1 saturated carbocycles. The number of nitrogens with zero attached hydrogens (tertiary/aromatic N) is 5. The first-order valence-corrected chi connectivity index (χ1v) is 8.60. The molecule has 1 unspecified atom stereocenters. The summed E-state index contributed by atoms with van der Waals surface area (Å²) in [5.41, 5.74) is 1.91. The number of hydrogen-bond donors (Lipinski definition) is 1. The first-order valence-electron chi connectivity index (χ1n) is 8.60. The Balaban J connectivity index is 1.78. The molecule has 0 bridgehead atoms. The van der Waals surface area contributed by atoms with E-state index in [4.69, 9.17) is 0 Å².